The van der Waals surface area contributed by atoms with Gasteiger partial charge in [-0.3, -0.25) is 9.36 Å². The van der Waals surface area contributed by atoms with Crippen molar-refractivity contribution < 1.29 is 14.3 Å². The highest BCUT2D eigenvalue weighted by Crippen LogP contribution is 2.36. The molecule has 0 bridgehead atoms. The van der Waals surface area contributed by atoms with Crippen molar-refractivity contribution in [2.24, 2.45) is 0 Å². The van der Waals surface area contributed by atoms with Crippen LogP contribution in [0.5, 0.6) is 11.5 Å². The van der Waals surface area contributed by atoms with Gasteiger partial charge in [0.25, 0.3) is 0 Å². The van der Waals surface area contributed by atoms with Crippen molar-refractivity contribution in [3.05, 3.63) is 82.2 Å². The molecule has 0 aliphatic heterocycles. The summed E-state index contributed by atoms with van der Waals surface area (Å²) in [5, 5.41) is 3.84. The number of carbonyl (C=O) groups excluding carboxylic acids is 1. The number of carbonyl (C=O) groups is 1. The molecule has 32 heavy (non-hydrogen) atoms. The van der Waals surface area contributed by atoms with Crippen molar-refractivity contribution in [1.82, 2.24) is 9.55 Å². The Hall–Kier alpha value is -3.84. The smallest absolute Gasteiger partial charge is 0.349 e. The molecule has 0 saturated heterocycles. The van der Waals surface area contributed by atoms with Crippen LogP contribution in [0.4, 0.5) is 5.69 Å². The third kappa shape index (κ3) is 4.15. The highest BCUT2D eigenvalue weighted by Gasteiger charge is 2.16. The van der Waals surface area contributed by atoms with Crippen molar-refractivity contribution in [2.45, 2.75) is 6.54 Å². The van der Waals surface area contributed by atoms with Gasteiger partial charge in [0.2, 0.25) is 5.91 Å². The maximum atomic E-state index is 12.9. The molecule has 0 aliphatic carbocycles. The van der Waals surface area contributed by atoms with Gasteiger partial charge in [-0.1, -0.05) is 60.1 Å². The fourth-order valence-electron chi connectivity index (χ4n) is 3.49. The quantitative estimate of drug-likeness (QED) is 0.472. The number of benzene rings is 3. The maximum absolute atomic E-state index is 12.9. The fourth-order valence-corrected chi connectivity index (χ4v) is 3.73. The summed E-state index contributed by atoms with van der Waals surface area (Å²) in [4.78, 5) is 30.0. The molecule has 0 radical (unpaired) electrons. The molecule has 1 aromatic heterocycles. The summed E-state index contributed by atoms with van der Waals surface area (Å²) in [5.41, 5.74) is 1.87. The van der Waals surface area contributed by atoms with E-state index < -0.39 is 11.6 Å². The predicted octanol–water partition coefficient (Wildman–Crippen LogP) is 4.37. The molecular formula is C24H20ClN3O4. The van der Waals surface area contributed by atoms with Gasteiger partial charge in [0, 0.05) is 17.0 Å². The summed E-state index contributed by atoms with van der Waals surface area (Å²) in [6.45, 7) is -0.228. The molecule has 0 aliphatic rings. The van der Waals surface area contributed by atoms with Gasteiger partial charge < -0.3 is 14.8 Å². The van der Waals surface area contributed by atoms with E-state index in [2.05, 4.69) is 10.3 Å². The summed E-state index contributed by atoms with van der Waals surface area (Å²) in [5.74, 6) is 0.379. The largest absolute Gasteiger partial charge is 0.495 e. The SMILES string of the molecule is COc1cc(OC)c(NC(=O)Cn2c(=O)nc(-c3ccccc3)c3ccccc32)cc1Cl. The van der Waals surface area contributed by atoms with Gasteiger partial charge in [0.1, 0.15) is 18.0 Å². The number of halogens is 1. The van der Waals surface area contributed by atoms with E-state index in [-0.39, 0.29) is 6.54 Å². The molecule has 8 heteroatoms. The van der Waals surface area contributed by atoms with E-state index >= 15 is 0 Å². The minimum absolute atomic E-state index is 0.228. The van der Waals surface area contributed by atoms with Crippen molar-refractivity contribution in [2.75, 3.05) is 19.5 Å². The van der Waals surface area contributed by atoms with Crippen LogP contribution in [0, 0.1) is 0 Å². The first-order chi connectivity index (χ1) is 15.5. The fraction of sp³-hybridized carbons (Fsp3) is 0.125. The molecule has 7 nitrogen and oxygen atoms in total. The van der Waals surface area contributed by atoms with E-state index in [9.17, 15) is 9.59 Å². The summed E-state index contributed by atoms with van der Waals surface area (Å²) in [7, 11) is 2.96. The van der Waals surface area contributed by atoms with Gasteiger partial charge in [0.05, 0.1) is 36.1 Å². The van der Waals surface area contributed by atoms with Crippen molar-refractivity contribution in [1.29, 1.82) is 0 Å². The second kappa shape index (κ2) is 9.11. The molecule has 4 rings (SSSR count). The molecule has 162 valence electrons. The van der Waals surface area contributed by atoms with Crippen molar-refractivity contribution >= 4 is 34.1 Å². The number of para-hydroxylation sites is 1. The standard InChI is InChI=1S/C24H20ClN3O4/c1-31-20-13-21(32-2)18(12-17(20)25)26-22(29)14-28-19-11-7-6-10-16(19)23(27-24(28)30)15-8-4-3-5-9-15/h3-13H,14H2,1-2H3,(H,26,29). The molecule has 0 fully saturated rings. The number of nitrogens with one attached hydrogen (secondary N) is 1. The summed E-state index contributed by atoms with van der Waals surface area (Å²) in [6.07, 6.45) is 0. The average Bonchev–Trinajstić information content (AvgIpc) is 2.81. The number of amides is 1. The number of methoxy groups -OCH3 is 2. The van der Waals surface area contributed by atoms with E-state index in [4.69, 9.17) is 21.1 Å². The highest BCUT2D eigenvalue weighted by atomic mass is 35.5. The third-order valence-electron chi connectivity index (χ3n) is 4.99. The second-order valence-corrected chi connectivity index (χ2v) is 7.35. The number of ether oxygens (including phenoxy) is 2. The van der Waals surface area contributed by atoms with Crippen LogP contribution in [0.3, 0.4) is 0 Å². The van der Waals surface area contributed by atoms with E-state index in [1.54, 1.807) is 12.1 Å². The summed E-state index contributed by atoms with van der Waals surface area (Å²) < 4.78 is 11.8. The molecule has 0 spiro atoms. The zero-order valence-corrected chi connectivity index (χ0v) is 18.2. The second-order valence-electron chi connectivity index (χ2n) is 6.95. The Morgan fingerprint density at radius 3 is 2.41 bits per heavy atom. The molecule has 1 N–H and O–H groups in total. The maximum Gasteiger partial charge on any atom is 0.349 e. The van der Waals surface area contributed by atoms with E-state index in [1.165, 1.54) is 24.9 Å². The number of aromatic nitrogens is 2. The lowest BCUT2D eigenvalue weighted by molar-refractivity contribution is -0.116. The number of nitrogens with zero attached hydrogens (tertiary/aromatic N) is 2. The third-order valence-corrected chi connectivity index (χ3v) is 5.28. The zero-order chi connectivity index (χ0) is 22.7. The molecule has 1 amide bonds. The lowest BCUT2D eigenvalue weighted by atomic mass is 10.1. The topological polar surface area (TPSA) is 82.5 Å². The van der Waals surface area contributed by atoms with Gasteiger partial charge in [-0.25, -0.2) is 4.79 Å². The number of hydrogen-bond donors (Lipinski definition) is 1. The Kier molecular flexibility index (Phi) is 6.09. The van der Waals surface area contributed by atoms with Gasteiger partial charge in [-0.05, 0) is 12.1 Å². The van der Waals surface area contributed by atoms with Gasteiger partial charge in [0.15, 0.2) is 0 Å². The Morgan fingerprint density at radius 1 is 1.00 bits per heavy atom. The molecule has 0 saturated carbocycles. The predicted molar refractivity (Wildman–Crippen MR) is 125 cm³/mol. The molecule has 0 unspecified atom stereocenters. The van der Waals surface area contributed by atoms with E-state index in [0.717, 1.165) is 10.9 Å². The summed E-state index contributed by atoms with van der Waals surface area (Å²) >= 11 is 6.18. The van der Waals surface area contributed by atoms with Crippen LogP contribution in [0.2, 0.25) is 5.02 Å². The number of rotatable bonds is 6. The number of hydrogen-bond acceptors (Lipinski definition) is 5. The molecule has 0 atom stereocenters. The number of anilines is 1. The Bertz CT molecular complexity index is 1350. The monoisotopic (exact) mass is 449 g/mol. The van der Waals surface area contributed by atoms with Crippen molar-refractivity contribution in [3.63, 3.8) is 0 Å². The average molecular weight is 450 g/mol. The highest BCUT2D eigenvalue weighted by molar-refractivity contribution is 6.32. The van der Waals surface area contributed by atoms with Crippen LogP contribution < -0.4 is 20.5 Å². The lowest BCUT2D eigenvalue weighted by Crippen LogP contribution is -2.30. The molecule has 3 aromatic carbocycles. The minimum atomic E-state index is -0.516. The Morgan fingerprint density at radius 2 is 1.69 bits per heavy atom. The van der Waals surface area contributed by atoms with Crippen LogP contribution in [-0.2, 0) is 11.3 Å². The van der Waals surface area contributed by atoms with Gasteiger partial charge in [-0.15, -0.1) is 0 Å². The van der Waals surface area contributed by atoms with E-state index in [0.29, 0.717) is 33.4 Å². The van der Waals surface area contributed by atoms with Crippen LogP contribution in [0.1, 0.15) is 0 Å². The normalized spacial score (nSPS) is 10.7. The number of fused-ring (bicyclic) bond motifs is 1. The van der Waals surface area contributed by atoms with Gasteiger partial charge in [-0.2, -0.15) is 4.98 Å². The Balaban J connectivity index is 1.70. The van der Waals surface area contributed by atoms with Crippen LogP contribution in [0.25, 0.3) is 22.2 Å². The van der Waals surface area contributed by atoms with Crippen LogP contribution in [-0.4, -0.2) is 29.7 Å². The molecule has 4 aromatic rings. The van der Waals surface area contributed by atoms with Gasteiger partial charge >= 0.3 is 5.69 Å². The molecule has 1 heterocycles. The first kappa shape index (κ1) is 21.4. The summed E-state index contributed by atoms with van der Waals surface area (Å²) in [6, 6.07) is 19.9. The first-order valence-corrected chi connectivity index (χ1v) is 10.2. The van der Waals surface area contributed by atoms with Crippen LogP contribution in [0.15, 0.2) is 71.5 Å². The van der Waals surface area contributed by atoms with E-state index in [1.807, 2.05) is 48.5 Å². The lowest BCUT2D eigenvalue weighted by Gasteiger charge is -2.15. The minimum Gasteiger partial charge on any atom is -0.495 e. The molecular weight excluding hydrogens is 430 g/mol. The van der Waals surface area contributed by atoms with Crippen molar-refractivity contribution in [3.8, 4) is 22.8 Å². The zero-order valence-electron chi connectivity index (χ0n) is 17.5. The first-order valence-electron chi connectivity index (χ1n) is 9.78. The Labute approximate surface area is 189 Å². The van der Waals surface area contributed by atoms with Crippen LogP contribution >= 0.6 is 11.6 Å².